The number of methoxy groups -OCH3 is 1. The summed E-state index contributed by atoms with van der Waals surface area (Å²) >= 11 is 2.26. The van der Waals surface area contributed by atoms with Crippen molar-refractivity contribution in [2.24, 2.45) is 0 Å². The molecule has 39 heavy (non-hydrogen) atoms. The average molecular weight is 642 g/mol. The van der Waals surface area contributed by atoms with Gasteiger partial charge in [-0.1, -0.05) is 23.4 Å². The molecule has 202 valence electrons. The summed E-state index contributed by atoms with van der Waals surface area (Å²) in [7, 11) is 1.62. The number of hydrogen-bond acceptors (Lipinski definition) is 9. The SMILES string of the molecule is COCCOC1(c2noc(=O)[nH]2)CCC(c2nc3c(-c4cnn(-c5ccccc5)c4)cnn3c(N)c2I)CC1. The molecule has 1 fully saturated rings. The van der Waals surface area contributed by atoms with E-state index in [4.69, 9.17) is 24.7 Å². The van der Waals surface area contributed by atoms with E-state index in [1.807, 2.05) is 47.4 Å². The monoisotopic (exact) mass is 642 g/mol. The van der Waals surface area contributed by atoms with Crippen LogP contribution in [0.4, 0.5) is 5.82 Å². The van der Waals surface area contributed by atoms with Crippen molar-refractivity contribution >= 4 is 34.1 Å². The zero-order valence-corrected chi connectivity index (χ0v) is 23.4. The number of ether oxygens (including phenoxy) is 2. The molecule has 12 nitrogen and oxygen atoms in total. The van der Waals surface area contributed by atoms with Crippen molar-refractivity contribution < 1.29 is 14.0 Å². The molecule has 0 unspecified atom stereocenters. The highest BCUT2D eigenvalue weighted by molar-refractivity contribution is 14.1. The van der Waals surface area contributed by atoms with Gasteiger partial charge in [-0.25, -0.2) is 14.5 Å². The lowest BCUT2D eigenvalue weighted by Crippen LogP contribution is -2.37. The molecular formula is C26H27IN8O4. The number of nitrogens with two attached hydrogens (primary N) is 1. The largest absolute Gasteiger partial charge is 0.439 e. The molecule has 4 aromatic heterocycles. The van der Waals surface area contributed by atoms with E-state index in [1.54, 1.807) is 17.8 Å². The second-order valence-corrected chi connectivity index (χ2v) is 10.6. The summed E-state index contributed by atoms with van der Waals surface area (Å²) in [5.41, 5.74) is 10.2. The van der Waals surface area contributed by atoms with Gasteiger partial charge in [0.2, 0.25) is 0 Å². The summed E-state index contributed by atoms with van der Waals surface area (Å²) < 4.78 is 20.6. The predicted octanol–water partition coefficient (Wildman–Crippen LogP) is 3.66. The van der Waals surface area contributed by atoms with Crippen LogP contribution in [0.25, 0.3) is 22.5 Å². The third-order valence-corrected chi connectivity index (χ3v) is 8.39. The Morgan fingerprint density at radius 3 is 2.69 bits per heavy atom. The van der Waals surface area contributed by atoms with Crippen LogP contribution in [0.5, 0.6) is 0 Å². The van der Waals surface area contributed by atoms with Gasteiger partial charge in [0.05, 0.1) is 40.6 Å². The van der Waals surface area contributed by atoms with Gasteiger partial charge < -0.3 is 15.2 Å². The number of nitrogen functional groups attached to an aromatic ring is 1. The van der Waals surface area contributed by atoms with E-state index in [9.17, 15) is 4.79 Å². The van der Waals surface area contributed by atoms with Gasteiger partial charge in [0.25, 0.3) is 0 Å². The molecule has 0 bridgehead atoms. The molecule has 3 N–H and O–H groups in total. The van der Waals surface area contributed by atoms with Gasteiger partial charge >= 0.3 is 5.76 Å². The van der Waals surface area contributed by atoms with Crippen LogP contribution in [-0.4, -0.2) is 54.8 Å². The van der Waals surface area contributed by atoms with Crippen molar-refractivity contribution in [1.29, 1.82) is 0 Å². The normalized spacial score (nSPS) is 19.6. The molecule has 1 aromatic carbocycles. The lowest BCUT2D eigenvalue weighted by molar-refractivity contribution is -0.0987. The van der Waals surface area contributed by atoms with E-state index in [1.165, 1.54) is 0 Å². The second-order valence-electron chi connectivity index (χ2n) is 9.55. The van der Waals surface area contributed by atoms with Gasteiger partial charge in [-0.2, -0.15) is 14.7 Å². The van der Waals surface area contributed by atoms with Crippen molar-refractivity contribution in [1.82, 2.24) is 34.5 Å². The number of rotatable bonds is 8. The minimum Gasteiger partial charge on any atom is -0.383 e. The van der Waals surface area contributed by atoms with Gasteiger partial charge in [0.1, 0.15) is 11.4 Å². The number of halogens is 1. The lowest BCUT2D eigenvalue weighted by Gasteiger charge is -2.38. The Morgan fingerprint density at radius 1 is 1.18 bits per heavy atom. The number of hydrogen-bond donors (Lipinski definition) is 2. The minimum atomic E-state index is -0.754. The molecule has 0 amide bonds. The van der Waals surface area contributed by atoms with Crippen LogP contribution in [0.3, 0.4) is 0 Å². The Kier molecular flexibility index (Phi) is 6.95. The number of H-pyrrole nitrogens is 1. The first-order valence-corrected chi connectivity index (χ1v) is 13.7. The van der Waals surface area contributed by atoms with E-state index in [-0.39, 0.29) is 5.92 Å². The molecule has 0 radical (unpaired) electrons. The molecule has 6 rings (SSSR count). The van der Waals surface area contributed by atoms with Crippen molar-refractivity contribution in [3.05, 3.63) is 74.6 Å². The maximum absolute atomic E-state index is 11.7. The molecule has 1 saturated carbocycles. The zero-order chi connectivity index (χ0) is 27.0. The van der Waals surface area contributed by atoms with Crippen LogP contribution in [0.1, 0.15) is 43.1 Å². The number of anilines is 1. The Hall–Kier alpha value is -3.56. The molecule has 13 heteroatoms. The standard InChI is InChI=1S/C26H27IN8O4/c1-37-11-12-38-26(24-32-25(36)39-33-24)9-7-16(8-10-26)21-20(27)22(28)35-23(31-21)19(14-30-35)17-13-29-34(15-17)18-5-3-2-4-6-18/h2-6,13-16H,7-12,28H2,1H3,(H,32,33,36). The Morgan fingerprint density at radius 2 is 1.97 bits per heavy atom. The first kappa shape index (κ1) is 25.7. The fourth-order valence-corrected chi connectivity index (χ4v) is 6.01. The van der Waals surface area contributed by atoms with Crippen LogP contribution in [0.2, 0.25) is 0 Å². The van der Waals surface area contributed by atoms with E-state index >= 15 is 0 Å². The van der Waals surface area contributed by atoms with E-state index in [0.29, 0.717) is 43.3 Å². The number of nitrogens with zero attached hydrogens (tertiary/aromatic N) is 6. The fourth-order valence-electron chi connectivity index (χ4n) is 5.23. The van der Waals surface area contributed by atoms with Gasteiger partial charge in [-0.15, -0.1) is 0 Å². The second kappa shape index (κ2) is 10.5. The first-order valence-electron chi connectivity index (χ1n) is 12.6. The third kappa shape index (κ3) is 4.74. The van der Waals surface area contributed by atoms with Gasteiger partial charge in [0.15, 0.2) is 11.5 Å². The maximum Gasteiger partial charge on any atom is 0.439 e. The Balaban J connectivity index is 1.31. The topological polar surface area (TPSA) is 151 Å². The van der Waals surface area contributed by atoms with E-state index in [0.717, 1.165) is 38.9 Å². The van der Waals surface area contributed by atoms with Crippen molar-refractivity contribution in [2.45, 2.75) is 37.2 Å². The molecule has 1 aliphatic rings. The van der Waals surface area contributed by atoms with E-state index in [2.05, 4.69) is 42.9 Å². The number of nitrogens with one attached hydrogen (secondary N) is 1. The Labute approximate surface area is 236 Å². The molecule has 1 aliphatic carbocycles. The smallest absolute Gasteiger partial charge is 0.383 e. The Bertz CT molecular complexity index is 1650. The number of aromatic amines is 1. The summed E-state index contributed by atoms with van der Waals surface area (Å²) in [6.07, 6.45) is 8.33. The number of benzene rings is 1. The van der Waals surface area contributed by atoms with E-state index < -0.39 is 11.4 Å². The average Bonchev–Trinajstić information content (AvgIpc) is 3.72. The molecule has 0 saturated heterocycles. The van der Waals surface area contributed by atoms with Crippen LogP contribution in [0.15, 0.2) is 58.2 Å². The number of para-hydroxylation sites is 1. The van der Waals surface area contributed by atoms with Crippen LogP contribution < -0.4 is 11.5 Å². The highest BCUT2D eigenvalue weighted by Gasteiger charge is 2.42. The first-order chi connectivity index (χ1) is 19.0. The maximum atomic E-state index is 11.7. The molecule has 0 aliphatic heterocycles. The lowest BCUT2D eigenvalue weighted by atomic mass is 9.76. The highest BCUT2D eigenvalue weighted by Crippen LogP contribution is 2.45. The molecule has 5 aromatic rings. The van der Waals surface area contributed by atoms with Crippen molar-refractivity contribution in [2.75, 3.05) is 26.1 Å². The molecule has 0 spiro atoms. The number of fused-ring (bicyclic) bond motifs is 1. The van der Waals surface area contributed by atoms with Crippen LogP contribution in [-0.2, 0) is 15.1 Å². The summed E-state index contributed by atoms with van der Waals surface area (Å²) in [5.74, 6) is 0.497. The summed E-state index contributed by atoms with van der Waals surface area (Å²) in [6, 6.07) is 9.93. The summed E-state index contributed by atoms with van der Waals surface area (Å²) in [5, 5.41) is 13.0. The summed E-state index contributed by atoms with van der Waals surface area (Å²) in [6.45, 7) is 0.811. The van der Waals surface area contributed by atoms with Crippen molar-refractivity contribution in [3.8, 4) is 16.8 Å². The van der Waals surface area contributed by atoms with Crippen molar-refractivity contribution in [3.63, 3.8) is 0 Å². The minimum absolute atomic E-state index is 0.136. The molecule has 4 heterocycles. The van der Waals surface area contributed by atoms with Crippen LogP contribution >= 0.6 is 22.6 Å². The quantitative estimate of drug-likeness (QED) is 0.191. The van der Waals surface area contributed by atoms with Crippen LogP contribution in [0, 0.1) is 3.57 Å². The summed E-state index contributed by atoms with van der Waals surface area (Å²) in [4.78, 5) is 19.5. The number of aromatic nitrogens is 7. The molecule has 0 atom stereocenters. The predicted molar refractivity (Wildman–Crippen MR) is 151 cm³/mol. The van der Waals surface area contributed by atoms with Gasteiger partial charge in [-0.05, 0) is 60.4 Å². The highest BCUT2D eigenvalue weighted by atomic mass is 127. The zero-order valence-electron chi connectivity index (χ0n) is 21.2. The molecular weight excluding hydrogens is 615 g/mol. The third-order valence-electron chi connectivity index (χ3n) is 7.28. The fraction of sp³-hybridized carbons (Fsp3) is 0.346. The van der Waals surface area contributed by atoms with Gasteiger partial charge in [0, 0.05) is 30.4 Å². The van der Waals surface area contributed by atoms with Gasteiger partial charge in [-0.3, -0.25) is 9.51 Å².